The summed E-state index contributed by atoms with van der Waals surface area (Å²) in [5, 5.41) is 11.3. The SMILES string of the molecule is COc1c(O[CH2][Rf])ccc([N+](=O)[O-])c1COCCCC[Si](OC)(OC)OC. The molecule has 0 aliphatic heterocycles. The zero-order chi connectivity index (χ0) is 20.3. The maximum absolute atomic E-state index is 11.3. The Morgan fingerprint density at radius 3 is 2.30 bits per heavy atom. The molecule has 149 valence electrons. The van der Waals surface area contributed by atoms with E-state index in [2.05, 4.69) is 0 Å². The van der Waals surface area contributed by atoms with Crippen LogP contribution in [-0.4, -0.2) is 55.9 Å². The van der Waals surface area contributed by atoms with Gasteiger partial charge in [0.15, 0.2) is 0 Å². The molecule has 1 aromatic rings. The van der Waals surface area contributed by atoms with Gasteiger partial charge in [-0.1, -0.05) is 0 Å². The van der Waals surface area contributed by atoms with Gasteiger partial charge < -0.3 is 13.3 Å². The second-order valence-electron chi connectivity index (χ2n) is 5.51. The smallest absolute Gasteiger partial charge is 0.377 e. The molecule has 1 rings (SSSR count). The fraction of sp³-hybridized carbons (Fsp3) is 0.625. The predicted molar refractivity (Wildman–Crippen MR) is 95.6 cm³/mol. The van der Waals surface area contributed by atoms with Crippen molar-refractivity contribution >= 4 is 14.5 Å². The quantitative estimate of drug-likeness (QED) is 0.131. The molecule has 0 amide bonds. The molecule has 0 unspecified atom stereocenters. The summed E-state index contributed by atoms with van der Waals surface area (Å²) in [4.78, 5) is 10.9. The molecule has 0 saturated heterocycles. The molecule has 11 heteroatoms. The third kappa shape index (κ3) is 5.90. The Kier molecular flexibility index (Phi) is 9.17. The number of hydrogen-bond donors (Lipinski definition) is 0. The number of hydrogen-bond acceptors (Lipinski definition) is 8. The molecule has 0 aliphatic rings. The van der Waals surface area contributed by atoms with Gasteiger partial charge in [-0.2, -0.15) is 0 Å². The monoisotopic (exact) mass is 655 g/mol. The summed E-state index contributed by atoms with van der Waals surface area (Å²) < 4.78 is 33.1. The average molecular weight is 655 g/mol. The van der Waals surface area contributed by atoms with Crippen LogP contribution in [0.25, 0.3) is 0 Å². The molecule has 0 N–H and O–H groups in total. The Bertz CT molecular complexity index is 592. The molecule has 0 heterocycles. The third-order valence-electron chi connectivity index (χ3n) is 4.06. The Hall–Kier alpha value is -2.72. The van der Waals surface area contributed by atoms with E-state index in [1.807, 2.05) is 0 Å². The van der Waals surface area contributed by atoms with E-state index in [4.69, 9.17) is 27.5 Å². The van der Waals surface area contributed by atoms with Crippen molar-refractivity contribution in [3.63, 3.8) is 0 Å². The van der Waals surface area contributed by atoms with Gasteiger partial charge in [-0.25, -0.2) is 0 Å². The van der Waals surface area contributed by atoms with E-state index < -0.39 is 13.7 Å². The van der Waals surface area contributed by atoms with Crippen LogP contribution in [-0.2, 0) is 24.6 Å². The molecule has 0 aromatic heterocycles. The van der Waals surface area contributed by atoms with Gasteiger partial charge in [-0.15, -0.1) is 0 Å². The normalized spacial score (nSPS) is 11.5. The Balaban J connectivity index is 2.68. The summed E-state index contributed by atoms with van der Waals surface area (Å²) in [6.45, 7) is 0.516. The van der Waals surface area contributed by atoms with E-state index in [0.29, 0.717) is 36.8 Å². The van der Waals surface area contributed by atoms with E-state index in [1.165, 1.54) is 13.2 Å². The van der Waals surface area contributed by atoms with Crippen molar-refractivity contribution in [1.82, 2.24) is 0 Å². The molecule has 0 saturated carbocycles. The van der Waals surface area contributed by atoms with Crippen LogP contribution in [0.1, 0.15) is 18.4 Å². The number of nitro groups is 1. The number of ether oxygens (including phenoxy) is 3. The maximum atomic E-state index is 11.3. The van der Waals surface area contributed by atoms with Gasteiger partial charge in [0.05, 0.1) is 0 Å². The van der Waals surface area contributed by atoms with Gasteiger partial charge in [0.2, 0.25) is 0 Å². The molecular weight excluding hydrogens is 629 g/mol. The third-order valence-corrected chi connectivity index (χ3v) is 7.81. The van der Waals surface area contributed by atoms with Crippen molar-refractivity contribution in [2.45, 2.75) is 25.5 Å². The summed E-state index contributed by atoms with van der Waals surface area (Å²) in [5.41, 5.74) is 0.348. The number of rotatable bonds is 14. The predicted octanol–water partition coefficient (Wildman–Crippen LogP) is 2.66. The minimum absolute atomic E-state index is 0.0386. The Morgan fingerprint density at radius 1 is 1.11 bits per heavy atom. The van der Waals surface area contributed by atoms with Crippen LogP contribution in [0.15, 0.2) is 12.1 Å². The van der Waals surface area contributed by atoms with Crippen molar-refractivity contribution in [1.29, 1.82) is 0 Å². The summed E-state index contributed by atoms with van der Waals surface area (Å²) in [6, 6.07) is 3.67. The van der Waals surface area contributed by atoms with Crippen molar-refractivity contribution in [3.05, 3.63) is 27.8 Å². The second kappa shape index (κ2) is 11.1. The summed E-state index contributed by atoms with van der Waals surface area (Å²) in [6.07, 6.45) is 1.55. The van der Waals surface area contributed by atoms with Crippen LogP contribution >= 0.6 is 0 Å². The van der Waals surface area contributed by atoms with Crippen molar-refractivity contribution in [3.8, 4) is 11.5 Å². The van der Waals surface area contributed by atoms with E-state index >= 15 is 0 Å². The van der Waals surface area contributed by atoms with Crippen LogP contribution in [0.5, 0.6) is 11.5 Å². The van der Waals surface area contributed by atoms with Crippen LogP contribution < -0.4 is 9.47 Å². The topological polar surface area (TPSA) is 98.5 Å². The molecule has 9 nitrogen and oxygen atoms in total. The van der Waals surface area contributed by atoms with E-state index in [1.54, 1.807) is 27.4 Å². The minimum Gasteiger partial charge on any atom is -0.377 e. The Labute approximate surface area is 154 Å². The number of unbranched alkanes of at least 4 members (excludes halogenated alkanes) is 1. The zero-order valence-electron chi connectivity index (χ0n) is 16.3. The Morgan fingerprint density at radius 2 is 1.78 bits per heavy atom. The molecule has 0 bridgehead atoms. The molecule has 0 radical (unpaired) electrons. The fourth-order valence-corrected chi connectivity index (χ4v) is 5.42. The number of benzene rings is 1. The second-order valence-corrected chi connectivity index (χ2v) is 10.4. The van der Waals surface area contributed by atoms with Crippen molar-refractivity contribution in [2.24, 2.45) is 0 Å². The first kappa shape index (κ1) is 22.3. The summed E-state index contributed by atoms with van der Waals surface area (Å²) in [5.74, 6) is 0.874. The van der Waals surface area contributed by atoms with Crippen LogP contribution in [0, 0.1) is 10.1 Å². The first-order valence-corrected chi connectivity index (χ1v) is 14.9. The zero-order valence-corrected chi connectivity index (χ0v) is 23.7. The molecule has 1 aromatic carbocycles. The molecule has 0 fully saturated rings. The number of nitrogens with zero attached hydrogens (tertiary/aromatic N) is 1. The van der Waals surface area contributed by atoms with Gasteiger partial charge in [-0.3, -0.25) is 0 Å². The standard InChI is InChI=1S/C16H26NO8Si.Rf/c1-20-15-9-8-14(17(18)19)13(16(15)21-2)12-25-10-6-7-11-26(22-3,23-4)24-5;/h8-9H,1,6-7,10-12H2,2-5H3;. The first-order valence-electron chi connectivity index (χ1n) is 8.48. The van der Waals surface area contributed by atoms with E-state index in [-0.39, 0.29) is 12.3 Å². The van der Waals surface area contributed by atoms with E-state index in [0.717, 1.165) is 12.8 Å². The van der Waals surface area contributed by atoms with Crippen LogP contribution in [0.2, 0.25) is 6.04 Å². The molecule has 0 spiro atoms. The summed E-state index contributed by atoms with van der Waals surface area (Å²) in [7, 11) is 4.27. The number of nitro benzene ring substituents is 1. The van der Waals surface area contributed by atoms with Crippen LogP contribution in [0.4, 0.5) is 5.69 Å². The molecule has 0 atom stereocenters. The molecule has 27 heavy (non-hydrogen) atoms. The van der Waals surface area contributed by atoms with Gasteiger partial charge in [0.25, 0.3) is 0 Å². The van der Waals surface area contributed by atoms with Crippen LogP contribution in [0.3, 0.4) is 0 Å². The fourth-order valence-electron chi connectivity index (χ4n) is 2.63. The summed E-state index contributed by atoms with van der Waals surface area (Å²) >= 11 is 0. The molecular formula is C16H26NO8RfSi. The van der Waals surface area contributed by atoms with Gasteiger partial charge in [-0.05, 0) is 0 Å². The van der Waals surface area contributed by atoms with Crippen molar-refractivity contribution in [2.75, 3.05) is 42.2 Å². The van der Waals surface area contributed by atoms with Gasteiger partial charge in [0.1, 0.15) is 0 Å². The first-order chi connectivity index (χ1) is 13.0. The van der Waals surface area contributed by atoms with Crippen molar-refractivity contribution < 1.29 is 32.4 Å². The molecule has 0 aliphatic carbocycles. The van der Waals surface area contributed by atoms with Gasteiger partial charge in [0, 0.05) is 21.3 Å². The average Bonchev–Trinajstić information content (AvgIpc) is 2.68. The van der Waals surface area contributed by atoms with Gasteiger partial charge >= 0.3 is 119 Å². The number of methoxy groups -OCH3 is 1. The van der Waals surface area contributed by atoms with E-state index in [9.17, 15) is 10.1 Å². The minimum atomic E-state index is -2.57.